The van der Waals surface area contributed by atoms with Crippen LogP contribution in [-0.2, 0) is 11.3 Å². The lowest BCUT2D eigenvalue weighted by Gasteiger charge is -2.22. The molecule has 132 valence electrons. The molecule has 5 nitrogen and oxygen atoms in total. The summed E-state index contributed by atoms with van der Waals surface area (Å²) in [7, 11) is 1.55. The minimum atomic E-state index is -0.137. The average Bonchev–Trinajstić information content (AvgIpc) is 3.07. The Kier molecular flexibility index (Phi) is 5.66. The molecule has 5 heteroatoms. The number of hydrogen-bond acceptors (Lipinski definition) is 4. The van der Waals surface area contributed by atoms with Gasteiger partial charge >= 0.3 is 0 Å². The minimum Gasteiger partial charge on any atom is -0.494 e. The molecule has 1 aromatic carbocycles. The number of ether oxygens (including phenoxy) is 2. The first kappa shape index (κ1) is 17.4. The van der Waals surface area contributed by atoms with E-state index in [9.17, 15) is 4.79 Å². The third-order valence-electron chi connectivity index (χ3n) is 4.54. The van der Waals surface area contributed by atoms with Crippen molar-refractivity contribution in [3.05, 3.63) is 59.4 Å². The molecule has 25 heavy (non-hydrogen) atoms. The molecule has 2 atom stereocenters. The summed E-state index contributed by atoms with van der Waals surface area (Å²) in [6.07, 6.45) is 4.57. The van der Waals surface area contributed by atoms with Crippen LogP contribution in [0.1, 0.15) is 40.9 Å². The second kappa shape index (κ2) is 8.12. The molecule has 0 unspecified atom stereocenters. The van der Waals surface area contributed by atoms with Crippen LogP contribution in [0.15, 0.2) is 42.6 Å². The zero-order valence-corrected chi connectivity index (χ0v) is 14.7. The second-order valence-electron chi connectivity index (χ2n) is 6.37. The number of rotatable bonds is 6. The van der Waals surface area contributed by atoms with Crippen LogP contribution in [0.5, 0.6) is 5.75 Å². The molecule has 1 heterocycles. The van der Waals surface area contributed by atoms with Crippen LogP contribution < -0.4 is 10.1 Å². The zero-order valence-electron chi connectivity index (χ0n) is 14.7. The van der Waals surface area contributed by atoms with Gasteiger partial charge in [-0.3, -0.25) is 9.78 Å². The number of carbonyl (C=O) groups excluding carboxylic acids is 1. The Balaban J connectivity index is 1.63. The number of nitrogens with one attached hydrogen (secondary N) is 1. The van der Waals surface area contributed by atoms with Crippen molar-refractivity contribution >= 4 is 5.91 Å². The number of amides is 1. The Morgan fingerprint density at radius 3 is 2.84 bits per heavy atom. The van der Waals surface area contributed by atoms with E-state index >= 15 is 0 Å². The molecule has 1 fully saturated rings. The van der Waals surface area contributed by atoms with Crippen LogP contribution in [0.4, 0.5) is 0 Å². The van der Waals surface area contributed by atoms with Crippen molar-refractivity contribution in [2.24, 2.45) is 0 Å². The van der Waals surface area contributed by atoms with Crippen LogP contribution in [0.3, 0.4) is 0 Å². The Labute approximate surface area is 148 Å². The zero-order chi connectivity index (χ0) is 17.6. The number of pyridine rings is 1. The molecule has 0 spiro atoms. The van der Waals surface area contributed by atoms with Crippen LogP contribution in [-0.4, -0.2) is 30.1 Å². The predicted molar refractivity (Wildman–Crippen MR) is 95.7 cm³/mol. The lowest BCUT2D eigenvalue weighted by Crippen LogP contribution is -2.41. The molecule has 3 rings (SSSR count). The molecule has 1 N–H and O–H groups in total. The first-order valence-electron chi connectivity index (χ1n) is 8.64. The highest BCUT2D eigenvalue weighted by atomic mass is 16.5. The lowest BCUT2D eigenvalue weighted by molar-refractivity contribution is 0.0271. The van der Waals surface area contributed by atoms with Crippen LogP contribution in [0.25, 0.3) is 0 Å². The van der Waals surface area contributed by atoms with Crippen molar-refractivity contribution < 1.29 is 14.3 Å². The van der Waals surface area contributed by atoms with E-state index in [1.54, 1.807) is 19.4 Å². The number of nitrogens with zero attached hydrogens (tertiary/aromatic N) is 1. The molecule has 1 saturated carbocycles. The van der Waals surface area contributed by atoms with Gasteiger partial charge in [-0.2, -0.15) is 0 Å². The summed E-state index contributed by atoms with van der Waals surface area (Å²) in [5, 5.41) is 3.11. The molecule has 0 bridgehead atoms. The first-order valence-corrected chi connectivity index (χ1v) is 8.64. The highest BCUT2D eigenvalue weighted by Gasteiger charge is 2.30. The third-order valence-corrected chi connectivity index (χ3v) is 4.54. The average molecular weight is 340 g/mol. The molecular weight excluding hydrogens is 316 g/mol. The highest BCUT2D eigenvalue weighted by Crippen LogP contribution is 2.25. The van der Waals surface area contributed by atoms with E-state index in [4.69, 9.17) is 9.47 Å². The van der Waals surface area contributed by atoms with E-state index in [2.05, 4.69) is 10.3 Å². The van der Waals surface area contributed by atoms with E-state index in [-0.39, 0.29) is 18.1 Å². The van der Waals surface area contributed by atoms with Crippen molar-refractivity contribution in [1.29, 1.82) is 0 Å². The Bertz CT molecular complexity index is 718. The van der Waals surface area contributed by atoms with Crippen molar-refractivity contribution in [3.63, 3.8) is 0 Å². The molecule has 2 aromatic rings. The van der Waals surface area contributed by atoms with Gasteiger partial charge in [0.15, 0.2) is 0 Å². The molecule has 1 aromatic heterocycles. The maximum atomic E-state index is 12.7. The SMILES string of the molecule is COc1cnc(C)cc1C(=O)N[C@@H]1CCC[C@H]1OCc1ccccc1. The Morgan fingerprint density at radius 2 is 2.08 bits per heavy atom. The van der Waals surface area contributed by atoms with Gasteiger partial charge in [0.1, 0.15) is 5.75 Å². The van der Waals surface area contributed by atoms with Gasteiger partial charge < -0.3 is 14.8 Å². The maximum Gasteiger partial charge on any atom is 0.255 e. The fourth-order valence-corrected chi connectivity index (χ4v) is 3.20. The van der Waals surface area contributed by atoms with Crippen LogP contribution in [0.2, 0.25) is 0 Å². The van der Waals surface area contributed by atoms with Crippen molar-refractivity contribution in [2.75, 3.05) is 7.11 Å². The fraction of sp³-hybridized carbons (Fsp3) is 0.400. The quantitative estimate of drug-likeness (QED) is 0.877. The predicted octanol–water partition coefficient (Wildman–Crippen LogP) is 3.27. The molecule has 1 aliphatic carbocycles. The third kappa shape index (κ3) is 4.37. The summed E-state index contributed by atoms with van der Waals surface area (Å²) in [6, 6.07) is 11.9. The van der Waals surface area contributed by atoms with Crippen molar-refractivity contribution in [1.82, 2.24) is 10.3 Å². The van der Waals surface area contributed by atoms with Crippen molar-refractivity contribution in [3.8, 4) is 5.75 Å². The van der Waals surface area contributed by atoms with Gasteiger partial charge in [0.2, 0.25) is 0 Å². The molecular formula is C20H24N2O3. The standard InChI is InChI=1S/C20H24N2O3/c1-14-11-16(19(24-2)12-21-14)20(23)22-17-9-6-10-18(17)25-13-15-7-4-3-5-8-15/h3-5,7-8,11-12,17-18H,6,9-10,13H2,1-2H3,(H,22,23)/t17-,18-/m1/s1. The van der Waals surface area contributed by atoms with E-state index in [0.717, 1.165) is 30.5 Å². The van der Waals surface area contributed by atoms with Crippen LogP contribution in [0, 0.1) is 6.92 Å². The molecule has 0 saturated heterocycles. The molecule has 1 aliphatic rings. The fourth-order valence-electron chi connectivity index (χ4n) is 3.20. The summed E-state index contributed by atoms with van der Waals surface area (Å²) < 4.78 is 11.3. The first-order chi connectivity index (χ1) is 12.2. The van der Waals surface area contributed by atoms with E-state index in [1.807, 2.05) is 37.3 Å². The van der Waals surface area contributed by atoms with Gasteiger partial charge in [-0.05, 0) is 37.8 Å². The molecule has 1 amide bonds. The Hall–Kier alpha value is -2.40. The second-order valence-corrected chi connectivity index (χ2v) is 6.37. The van der Waals surface area contributed by atoms with Gasteiger partial charge in [0, 0.05) is 5.69 Å². The summed E-state index contributed by atoms with van der Waals surface area (Å²) in [5.41, 5.74) is 2.45. The summed E-state index contributed by atoms with van der Waals surface area (Å²) in [4.78, 5) is 16.9. The smallest absolute Gasteiger partial charge is 0.255 e. The van der Waals surface area contributed by atoms with Gasteiger partial charge in [-0.15, -0.1) is 0 Å². The van der Waals surface area contributed by atoms with E-state index in [0.29, 0.717) is 17.9 Å². The summed E-state index contributed by atoms with van der Waals surface area (Å²) >= 11 is 0. The van der Waals surface area contributed by atoms with E-state index < -0.39 is 0 Å². The van der Waals surface area contributed by atoms with Crippen LogP contribution >= 0.6 is 0 Å². The monoisotopic (exact) mass is 340 g/mol. The largest absolute Gasteiger partial charge is 0.494 e. The number of carbonyl (C=O) groups is 1. The van der Waals surface area contributed by atoms with Gasteiger partial charge in [0.25, 0.3) is 5.91 Å². The summed E-state index contributed by atoms with van der Waals surface area (Å²) in [5.74, 6) is 0.352. The minimum absolute atomic E-state index is 0.0226. The number of aryl methyl sites for hydroxylation is 1. The van der Waals surface area contributed by atoms with E-state index in [1.165, 1.54) is 0 Å². The van der Waals surface area contributed by atoms with Gasteiger partial charge in [0.05, 0.1) is 37.6 Å². The number of hydrogen-bond donors (Lipinski definition) is 1. The molecule has 0 radical (unpaired) electrons. The number of benzene rings is 1. The number of methoxy groups -OCH3 is 1. The normalized spacial score (nSPS) is 19.6. The maximum absolute atomic E-state index is 12.7. The topological polar surface area (TPSA) is 60.5 Å². The van der Waals surface area contributed by atoms with Gasteiger partial charge in [-0.25, -0.2) is 0 Å². The van der Waals surface area contributed by atoms with Crippen molar-refractivity contribution in [2.45, 2.75) is 44.9 Å². The van der Waals surface area contributed by atoms with Gasteiger partial charge in [-0.1, -0.05) is 30.3 Å². The summed E-state index contributed by atoms with van der Waals surface area (Å²) in [6.45, 7) is 2.42. The number of aromatic nitrogens is 1. The Morgan fingerprint density at radius 1 is 1.28 bits per heavy atom. The lowest BCUT2D eigenvalue weighted by atomic mass is 10.1. The highest BCUT2D eigenvalue weighted by molar-refractivity contribution is 5.97. The molecule has 0 aliphatic heterocycles.